The van der Waals surface area contributed by atoms with Crippen LogP contribution in [-0.2, 0) is 11.3 Å². The molecule has 0 aliphatic heterocycles. The van der Waals surface area contributed by atoms with Gasteiger partial charge < -0.3 is 4.90 Å². The molecule has 0 bridgehead atoms. The molecule has 0 N–H and O–H groups in total. The van der Waals surface area contributed by atoms with E-state index in [0.717, 1.165) is 18.3 Å². The Labute approximate surface area is 99.4 Å². The Morgan fingerprint density at radius 3 is 2.53 bits per heavy atom. The molecule has 1 amide bonds. The maximum Gasteiger partial charge on any atom is 0.219 e. The van der Waals surface area contributed by atoms with E-state index >= 15 is 0 Å². The summed E-state index contributed by atoms with van der Waals surface area (Å²) in [5.74, 6) is 0.139. The fourth-order valence-corrected chi connectivity index (χ4v) is 1.65. The highest BCUT2D eigenvalue weighted by Crippen LogP contribution is 2.05. The van der Waals surface area contributed by atoms with Gasteiger partial charge in [0.15, 0.2) is 0 Å². The van der Waals surface area contributed by atoms with Crippen LogP contribution in [0.1, 0.15) is 18.9 Å². The number of hydrogen-bond donors (Lipinski definition) is 0. The maximum absolute atomic E-state index is 11.4. The van der Waals surface area contributed by atoms with Crippen molar-refractivity contribution < 1.29 is 4.79 Å². The minimum Gasteiger partial charge on any atom is -0.339 e. The second-order valence-electron chi connectivity index (χ2n) is 3.47. The summed E-state index contributed by atoms with van der Waals surface area (Å²) in [6, 6.07) is 10.1. The second-order valence-corrected chi connectivity index (χ2v) is 4.26. The first-order valence-electron chi connectivity index (χ1n) is 5.09. The average Bonchev–Trinajstić information content (AvgIpc) is 2.25. The van der Waals surface area contributed by atoms with Crippen LogP contribution in [0.15, 0.2) is 30.3 Å². The number of hydrogen-bond acceptors (Lipinski definition) is 1. The van der Waals surface area contributed by atoms with Gasteiger partial charge in [-0.3, -0.25) is 4.79 Å². The SMILES string of the molecule is CC(=O)N(CCCBr)Cc1ccccc1. The van der Waals surface area contributed by atoms with Gasteiger partial charge >= 0.3 is 0 Å². The summed E-state index contributed by atoms with van der Waals surface area (Å²) < 4.78 is 0. The largest absolute Gasteiger partial charge is 0.339 e. The zero-order chi connectivity index (χ0) is 11.1. The third kappa shape index (κ3) is 4.47. The summed E-state index contributed by atoms with van der Waals surface area (Å²) in [4.78, 5) is 13.2. The predicted octanol–water partition coefficient (Wildman–Crippen LogP) is 2.82. The first-order chi connectivity index (χ1) is 7.24. The molecule has 0 spiro atoms. The second kappa shape index (κ2) is 6.62. The van der Waals surface area contributed by atoms with E-state index in [0.29, 0.717) is 6.54 Å². The van der Waals surface area contributed by atoms with Gasteiger partial charge in [-0.2, -0.15) is 0 Å². The Morgan fingerprint density at radius 2 is 2.00 bits per heavy atom. The summed E-state index contributed by atoms with van der Waals surface area (Å²) in [6.45, 7) is 3.15. The third-order valence-corrected chi connectivity index (χ3v) is 2.78. The summed E-state index contributed by atoms with van der Waals surface area (Å²) in [7, 11) is 0. The van der Waals surface area contributed by atoms with E-state index in [1.165, 1.54) is 5.56 Å². The van der Waals surface area contributed by atoms with E-state index in [1.54, 1.807) is 6.92 Å². The highest BCUT2D eigenvalue weighted by molar-refractivity contribution is 9.09. The molecule has 1 rings (SSSR count). The molecule has 1 aromatic carbocycles. The van der Waals surface area contributed by atoms with Crippen LogP contribution in [0.3, 0.4) is 0 Å². The van der Waals surface area contributed by atoms with E-state index < -0.39 is 0 Å². The molecule has 0 saturated heterocycles. The first kappa shape index (κ1) is 12.2. The topological polar surface area (TPSA) is 20.3 Å². The smallest absolute Gasteiger partial charge is 0.219 e. The number of benzene rings is 1. The number of carbonyl (C=O) groups excluding carboxylic acids is 1. The minimum atomic E-state index is 0.139. The van der Waals surface area contributed by atoms with Crippen LogP contribution in [0.4, 0.5) is 0 Å². The zero-order valence-electron chi connectivity index (χ0n) is 8.95. The Balaban J connectivity index is 2.55. The maximum atomic E-state index is 11.4. The number of nitrogens with zero attached hydrogens (tertiary/aromatic N) is 1. The van der Waals surface area contributed by atoms with Crippen LogP contribution in [0.25, 0.3) is 0 Å². The fourth-order valence-electron chi connectivity index (χ4n) is 1.40. The molecule has 2 nitrogen and oxygen atoms in total. The van der Waals surface area contributed by atoms with Gasteiger partial charge in [-0.05, 0) is 12.0 Å². The quantitative estimate of drug-likeness (QED) is 0.753. The fraction of sp³-hybridized carbons (Fsp3) is 0.417. The molecule has 0 atom stereocenters. The lowest BCUT2D eigenvalue weighted by molar-refractivity contribution is -0.129. The highest BCUT2D eigenvalue weighted by atomic mass is 79.9. The van der Waals surface area contributed by atoms with Crippen molar-refractivity contribution in [2.24, 2.45) is 0 Å². The van der Waals surface area contributed by atoms with Gasteiger partial charge in [0, 0.05) is 25.3 Å². The minimum absolute atomic E-state index is 0.139. The normalized spacial score (nSPS) is 10.0. The van der Waals surface area contributed by atoms with E-state index in [2.05, 4.69) is 15.9 Å². The molecule has 0 fully saturated rings. The molecule has 0 heterocycles. The first-order valence-corrected chi connectivity index (χ1v) is 6.21. The van der Waals surface area contributed by atoms with Crippen molar-refractivity contribution in [2.45, 2.75) is 19.9 Å². The van der Waals surface area contributed by atoms with Gasteiger partial charge in [-0.1, -0.05) is 46.3 Å². The molecule has 82 valence electrons. The van der Waals surface area contributed by atoms with Gasteiger partial charge in [0.25, 0.3) is 0 Å². The monoisotopic (exact) mass is 269 g/mol. The van der Waals surface area contributed by atoms with Crippen LogP contribution >= 0.6 is 15.9 Å². The van der Waals surface area contributed by atoms with Crippen LogP contribution in [-0.4, -0.2) is 22.7 Å². The molecule has 0 aliphatic rings. The van der Waals surface area contributed by atoms with Crippen LogP contribution in [0.5, 0.6) is 0 Å². The molecular weight excluding hydrogens is 254 g/mol. The lowest BCUT2D eigenvalue weighted by atomic mass is 10.2. The molecule has 0 aliphatic carbocycles. The molecule has 0 radical (unpaired) electrons. The van der Waals surface area contributed by atoms with Crippen molar-refractivity contribution in [3.63, 3.8) is 0 Å². The summed E-state index contributed by atoms with van der Waals surface area (Å²) in [5, 5.41) is 0.936. The van der Waals surface area contributed by atoms with E-state index in [4.69, 9.17) is 0 Å². The summed E-state index contributed by atoms with van der Waals surface area (Å²) in [5.41, 5.74) is 1.18. The molecule has 0 unspecified atom stereocenters. The highest BCUT2D eigenvalue weighted by Gasteiger charge is 2.07. The van der Waals surface area contributed by atoms with Gasteiger partial charge in [0.2, 0.25) is 5.91 Å². The summed E-state index contributed by atoms with van der Waals surface area (Å²) in [6.07, 6.45) is 0.992. The van der Waals surface area contributed by atoms with Crippen LogP contribution in [0, 0.1) is 0 Å². The summed E-state index contributed by atoms with van der Waals surface area (Å²) >= 11 is 3.37. The standard InChI is InChI=1S/C12H16BrNO/c1-11(15)14(9-5-8-13)10-12-6-3-2-4-7-12/h2-4,6-7H,5,8-10H2,1H3. The van der Waals surface area contributed by atoms with Crippen molar-refractivity contribution in [3.8, 4) is 0 Å². The zero-order valence-corrected chi connectivity index (χ0v) is 10.5. The van der Waals surface area contributed by atoms with Gasteiger partial charge in [-0.25, -0.2) is 0 Å². The van der Waals surface area contributed by atoms with Gasteiger partial charge in [0.05, 0.1) is 0 Å². The molecule has 3 heteroatoms. The number of halogens is 1. The molecule has 15 heavy (non-hydrogen) atoms. The molecule has 1 aromatic rings. The van der Waals surface area contributed by atoms with E-state index in [1.807, 2.05) is 35.2 Å². The Hall–Kier alpha value is -0.830. The van der Waals surface area contributed by atoms with Crippen molar-refractivity contribution in [1.82, 2.24) is 4.90 Å². The Bertz CT molecular complexity index is 300. The number of amides is 1. The van der Waals surface area contributed by atoms with Gasteiger partial charge in [0.1, 0.15) is 0 Å². The van der Waals surface area contributed by atoms with Crippen molar-refractivity contribution in [1.29, 1.82) is 0 Å². The van der Waals surface area contributed by atoms with Crippen LogP contribution < -0.4 is 0 Å². The predicted molar refractivity (Wildman–Crippen MR) is 65.9 cm³/mol. The van der Waals surface area contributed by atoms with Crippen molar-refractivity contribution in [2.75, 3.05) is 11.9 Å². The number of alkyl halides is 1. The van der Waals surface area contributed by atoms with Crippen molar-refractivity contribution >= 4 is 21.8 Å². The lowest BCUT2D eigenvalue weighted by Gasteiger charge is -2.20. The average molecular weight is 270 g/mol. The van der Waals surface area contributed by atoms with E-state index in [9.17, 15) is 4.79 Å². The van der Waals surface area contributed by atoms with Crippen molar-refractivity contribution in [3.05, 3.63) is 35.9 Å². The molecular formula is C12H16BrNO. The lowest BCUT2D eigenvalue weighted by Crippen LogP contribution is -2.29. The number of rotatable bonds is 5. The Kier molecular flexibility index (Phi) is 5.40. The Morgan fingerprint density at radius 1 is 1.33 bits per heavy atom. The van der Waals surface area contributed by atoms with E-state index in [-0.39, 0.29) is 5.91 Å². The van der Waals surface area contributed by atoms with Gasteiger partial charge in [-0.15, -0.1) is 0 Å². The molecule has 0 aromatic heterocycles. The third-order valence-electron chi connectivity index (χ3n) is 2.22. The number of carbonyl (C=O) groups is 1. The van der Waals surface area contributed by atoms with Crippen LogP contribution in [0.2, 0.25) is 0 Å². The molecule has 0 saturated carbocycles.